The number of carboxylic acids is 2. The van der Waals surface area contributed by atoms with Gasteiger partial charge in [0.15, 0.2) is 0 Å². The largest absolute Gasteiger partial charge is 2.00 e. The maximum absolute atomic E-state index is 9.10. The Labute approximate surface area is 111 Å². The fraction of sp³-hybridized carbons (Fsp3) is 0. The van der Waals surface area contributed by atoms with Gasteiger partial charge in [0, 0.05) is 0 Å². The van der Waals surface area contributed by atoms with Crippen molar-refractivity contribution < 1.29 is 25.5 Å². The van der Waals surface area contributed by atoms with Crippen molar-refractivity contribution in [3.8, 4) is 0 Å². The number of hydrogen-bond acceptors (Lipinski definition) is 2. The molecule has 0 amide bonds. The smallest absolute Gasteiger partial charge is 1.00 e. The molecule has 0 spiro atoms. The quantitative estimate of drug-likeness (QED) is 0.359. The molecule has 0 bridgehead atoms. The third-order valence-electron chi connectivity index (χ3n) is 0.183. The molecular formula is C2H6Ca2O4. The van der Waals surface area contributed by atoms with E-state index in [2.05, 4.69) is 0 Å². The summed E-state index contributed by atoms with van der Waals surface area (Å²) in [4.78, 5) is 18.2. The van der Waals surface area contributed by atoms with Crippen molar-refractivity contribution >= 4 is 87.4 Å². The van der Waals surface area contributed by atoms with Crippen LogP contribution in [0.1, 0.15) is 5.71 Å². The first-order valence-corrected chi connectivity index (χ1v) is 1.11. The maximum Gasteiger partial charge on any atom is 2.00 e. The first-order chi connectivity index (χ1) is 2.64. The fourth-order valence-corrected chi connectivity index (χ4v) is 0. The third kappa shape index (κ3) is 10.4. The number of aliphatic carboxylic acids is 2. The maximum atomic E-state index is 9.10. The standard InChI is InChI=1S/C2H2O4.2Ca.4H/c3-1(4)2(5)6;;;;;;/h(H,3,4)(H,5,6);;;;;;/q;2*+2;4*-1. The fourth-order valence-electron chi connectivity index (χ4n) is 0. The average Bonchev–Trinajstić information content (AvgIpc) is 1.36. The van der Waals surface area contributed by atoms with Crippen molar-refractivity contribution in [2.75, 3.05) is 0 Å². The van der Waals surface area contributed by atoms with Crippen LogP contribution in [-0.4, -0.2) is 97.6 Å². The molecule has 0 aromatic rings. The summed E-state index contributed by atoms with van der Waals surface area (Å²) in [5.74, 6) is -3.65. The monoisotopic (exact) mass is 174 g/mol. The number of hydrogen-bond donors (Lipinski definition) is 2. The van der Waals surface area contributed by atoms with Gasteiger partial charge in [0.05, 0.1) is 0 Å². The van der Waals surface area contributed by atoms with Crippen LogP contribution in [-0.2, 0) is 9.59 Å². The van der Waals surface area contributed by atoms with Crippen LogP contribution >= 0.6 is 0 Å². The van der Waals surface area contributed by atoms with Crippen LogP contribution in [0.3, 0.4) is 0 Å². The normalized spacial score (nSPS) is 5.50. The molecule has 6 heteroatoms. The Hall–Kier alpha value is 1.46. The molecule has 0 aliphatic heterocycles. The summed E-state index contributed by atoms with van der Waals surface area (Å²) in [6, 6.07) is 0. The predicted molar refractivity (Wildman–Crippen MR) is 31.2 cm³/mol. The van der Waals surface area contributed by atoms with Gasteiger partial charge in [0.1, 0.15) is 0 Å². The molecule has 0 radical (unpaired) electrons. The van der Waals surface area contributed by atoms with Crippen molar-refractivity contribution in [2.24, 2.45) is 0 Å². The van der Waals surface area contributed by atoms with Crippen molar-refractivity contribution in [3.05, 3.63) is 0 Å². The van der Waals surface area contributed by atoms with Crippen LogP contribution in [0.15, 0.2) is 0 Å². The van der Waals surface area contributed by atoms with Gasteiger partial charge in [-0.2, -0.15) is 0 Å². The molecule has 0 rings (SSSR count). The third-order valence-corrected chi connectivity index (χ3v) is 0.183. The molecule has 0 unspecified atom stereocenters. The molecule has 4 nitrogen and oxygen atoms in total. The van der Waals surface area contributed by atoms with Gasteiger partial charge >= 0.3 is 87.4 Å². The second kappa shape index (κ2) is 8.46. The zero-order valence-electron chi connectivity index (χ0n) is 8.13. The zero-order chi connectivity index (χ0) is 5.15. The Morgan fingerprint density at radius 1 is 1.00 bits per heavy atom. The van der Waals surface area contributed by atoms with E-state index >= 15 is 0 Å². The summed E-state index contributed by atoms with van der Waals surface area (Å²) in [5.41, 5.74) is 0. The summed E-state index contributed by atoms with van der Waals surface area (Å²) in [7, 11) is 0. The Bertz CT molecular complexity index is 89.1. The van der Waals surface area contributed by atoms with Gasteiger partial charge in [-0.3, -0.25) is 0 Å². The number of carboxylic acid groups (broad SMARTS) is 2. The molecule has 42 valence electrons. The van der Waals surface area contributed by atoms with Gasteiger partial charge in [-0.05, 0) is 0 Å². The van der Waals surface area contributed by atoms with E-state index in [0.29, 0.717) is 0 Å². The van der Waals surface area contributed by atoms with Crippen LogP contribution < -0.4 is 0 Å². The van der Waals surface area contributed by atoms with E-state index in [4.69, 9.17) is 19.8 Å². The predicted octanol–water partition coefficient (Wildman–Crippen LogP) is -1.16. The molecule has 0 aliphatic rings. The molecule has 8 heavy (non-hydrogen) atoms. The van der Waals surface area contributed by atoms with E-state index in [1.165, 1.54) is 0 Å². The number of carbonyl (C=O) groups is 2. The van der Waals surface area contributed by atoms with Crippen LogP contribution in [0, 0.1) is 0 Å². The van der Waals surface area contributed by atoms with Crippen molar-refractivity contribution in [1.82, 2.24) is 0 Å². The molecule has 0 saturated heterocycles. The van der Waals surface area contributed by atoms with Crippen LogP contribution in [0.4, 0.5) is 0 Å². The van der Waals surface area contributed by atoms with E-state index in [-0.39, 0.29) is 81.2 Å². The van der Waals surface area contributed by atoms with E-state index in [0.717, 1.165) is 0 Å². The van der Waals surface area contributed by atoms with Crippen LogP contribution in [0.25, 0.3) is 0 Å². The van der Waals surface area contributed by atoms with Crippen molar-refractivity contribution in [3.63, 3.8) is 0 Å². The summed E-state index contributed by atoms with van der Waals surface area (Å²) < 4.78 is 0. The van der Waals surface area contributed by atoms with Crippen molar-refractivity contribution in [1.29, 1.82) is 0 Å². The molecule has 0 aromatic carbocycles. The Morgan fingerprint density at radius 3 is 1.12 bits per heavy atom. The van der Waals surface area contributed by atoms with Gasteiger partial charge < -0.3 is 15.9 Å². The Morgan fingerprint density at radius 2 is 1.12 bits per heavy atom. The molecule has 2 N–H and O–H groups in total. The molecule has 0 fully saturated rings. The zero-order valence-corrected chi connectivity index (χ0v) is 8.54. The Kier molecular flexibility index (Phi) is 17.2. The van der Waals surface area contributed by atoms with Gasteiger partial charge in [-0.15, -0.1) is 0 Å². The second-order valence-corrected chi connectivity index (χ2v) is 0.610. The minimum atomic E-state index is -1.82. The minimum Gasteiger partial charge on any atom is -1.00 e. The topological polar surface area (TPSA) is 74.6 Å². The van der Waals surface area contributed by atoms with E-state index in [1.54, 1.807) is 0 Å². The van der Waals surface area contributed by atoms with Gasteiger partial charge in [0.25, 0.3) is 0 Å². The van der Waals surface area contributed by atoms with Gasteiger partial charge in [-0.1, -0.05) is 0 Å². The second-order valence-electron chi connectivity index (χ2n) is 0.610. The first-order valence-electron chi connectivity index (χ1n) is 1.11. The molecule has 0 heterocycles. The number of rotatable bonds is 0. The summed E-state index contributed by atoms with van der Waals surface area (Å²) >= 11 is 0. The summed E-state index contributed by atoms with van der Waals surface area (Å²) in [6.07, 6.45) is 0. The average molecular weight is 174 g/mol. The van der Waals surface area contributed by atoms with E-state index in [9.17, 15) is 0 Å². The van der Waals surface area contributed by atoms with E-state index < -0.39 is 11.9 Å². The molecule has 0 aromatic heterocycles. The molecular weight excluding hydrogens is 168 g/mol. The minimum absolute atomic E-state index is 0. The van der Waals surface area contributed by atoms with E-state index in [1.807, 2.05) is 0 Å². The molecule has 0 saturated carbocycles. The van der Waals surface area contributed by atoms with Gasteiger partial charge in [0.2, 0.25) is 0 Å². The summed E-state index contributed by atoms with van der Waals surface area (Å²) in [6.45, 7) is 0. The van der Waals surface area contributed by atoms with Crippen LogP contribution in [0.5, 0.6) is 0 Å². The van der Waals surface area contributed by atoms with Gasteiger partial charge in [-0.25, -0.2) is 9.59 Å². The Balaban J connectivity index is -0.00000000833. The van der Waals surface area contributed by atoms with Crippen molar-refractivity contribution in [2.45, 2.75) is 0 Å². The summed E-state index contributed by atoms with van der Waals surface area (Å²) in [5, 5.41) is 14.8. The SMILES string of the molecule is O=C(O)C(=O)O.[Ca+2].[Ca+2].[H-].[H-].[H-].[H-]. The molecule has 0 atom stereocenters. The first kappa shape index (κ1) is 16.2. The molecule has 0 aliphatic carbocycles. The van der Waals surface area contributed by atoms with Crippen LogP contribution in [0.2, 0.25) is 0 Å².